The number of aryl methyl sites for hydroxylation is 1. The standard InChI is InChI=1S/C18H17Cl2N5OS/c1-3-25-17(12-6-8-21-9-7-12)23-24-18(25)27-10-14(26)22-16-13(19)5-4-11(2)15(16)20/h4-9H,3,10H2,1-2H3,(H,22,26). The van der Waals surface area contributed by atoms with Crippen LogP contribution >= 0.6 is 35.0 Å². The monoisotopic (exact) mass is 421 g/mol. The Labute approximate surface area is 171 Å². The van der Waals surface area contributed by atoms with E-state index in [9.17, 15) is 4.79 Å². The van der Waals surface area contributed by atoms with Crippen LogP contribution in [0.1, 0.15) is 12.5 Å². The number of nitrogens with zero attached hydrogens (tertiary/aromatic N) is 4. The van der Waals surface area contributed by atoms with Gasteiger partial charge in [0.1, 0.15) is 0 Å². The maximum absolute atomic E-state index is 12.4. The van der Waals surface area contributed by atoms with Crippen LogP contribution in [0.3, 0.4) is 0 Å². The second kappa shape index (κ2) is 8.73. The summed E-state index contributed by atoms with van der Waals surface area (Å²) in [7, 11) is 0. The molecule has 0 saturated carbocycles. The molecule has 6 nitrogen and oxygen atoms in total. The van der Waals surface area contributed by atoms with E-state index >= 15 is 0 Å². The number of benzene rings is 1. The molecule has 3 rings (SSSR count). The van der Waals surface area contributed by atoms with Gasteiger partial charge in [-0.05, 0) is 37.6 Å². The molecule has 27 heavy (non-hydrogen) atoms. The number of amides is 1. The van der Waals surface area contributed by atoms with Crippen molar-refractivity contribution in [2.75, 3.05) is 11.1 Å². The van der Waals surface area contributed by atoms with E-state index in [1.54, 1.807) is 24.5 Å². The number of thioether (sulfide) groups is 1. The third-order valence-corrected chi connectivity index (χ3v) is 5.62. The fraction of sp³-hybridized carbons (Fsp3) is 0.222. The highest BCUT2D eigenvalue weighted by Gasteiger charge is 2.16. The van der Waals surface area contributed by atoms with Crippen molar-refractivity contribution < 1.29 is 4.79 Å². The Balaban J connectivity index is 1.71. The molecule has 1 amide bonds. The number of rotatable bonds is 6. The number of aromatic nitrogens is 4. The molecule has 2 aromatic heterocycles. The van der Waals surface area contributed by atoms with E-state index in [1.165, 1.54) is 11.8 Å². The van der Waals surface area contributed by atoms with Crippen molar-refractivity contribution in [1.29, 1.82) is 0 Å². The van der Waals surface area contributed by atoms with Gasteiger partial charge in [0.15, 0.2) is 11.0 Å². The molecule has 1 N–H and O–H groups in total. The van der Waals surface area contributed by atoms with E-state index in [0.717, 1.165) is 17.0 Å². The van der Waals surface area contributed by atoms with Crippen LogP contribution in [-0.4, -0.2) is 31.4 Å². The van der Waals surface area contributed by atoms with Crippen LogP contribution in [0, 0.1) is 6.92 Å². The van der Waals surface area contributed by atoms with Gasteiger partial charge in [-0.25, -0.2) is 0 Å². The Hall–Kier alpha value is -2.09. The fourth-order valence-corrected chi connectivity index (χ4v) is 3.74. The molecule has 2 heterocycles. The zero-order valence-corrected chi connectivity index (χ0v) is 17.1. The highest BCUT2D eigenvalue weighted by atomic mass is 35.5. The quantitative estimate of drug-likeness (QED) is 0.583. The normalized spacial score (nSPS) is 10.8. The van der Waals surface area contributed by atoms with Crippen LogP contribution < -0.4 is 5.32 Å². The van der Waals surface area contributed by atoms with Crippen molar-refractivity contribution in [2.24, 2.45) is 0 Å². The molecule has 0 atom stereocenters. The van der Waals surface area contributed by atoms with Gasteiger partial charge < -0.3 is 9.88 Å². The summed E-state index contributed by atoms with van der Waals surface area (Å²) in [6, 6.07) is 7.26. The van der Waals surface area contributed by atoms with Crippen LogP contribution in [0.2, 0.25) is 10.0 Å². The van der Waals surface area contributed by atoms with E-state index in [0.29, 0.717) is 27.4 Å². The average molecular weight is 422 g/mol. The molecule has 1 aromatic carbocycles. The Morgan fingerprint density at radius 2 is 1.93 bits per heavy atom. The van der Waals surface area contributed by atoms with E-state index in [4.69, 9.17) is 23.2 Å². The first-order valence-corrected chi connectivity index (χ1v) is 9.96. The lowest BCUT2D eigenvalue weighted by molar-refractivity contribution is -0.113. The smallest absolute Gasteiger partial charge is 0.234 e. The highest BCUT2D eigenvalue weighted by molar-refractivity contribution is 7.99. The second-order valence-electron chi connectivity index (χ2n) is 5.68. The molecular weight excluding hydrogens is 405 g/mol. The first-order valence-electron chi connectivity index (χ1n) is 8.22. The van der Waals surface area contributed by atoms with Gasteiger partial charge in [-0.1, -0.05) is 41.0 Å². The molecule has 0 saturated heterocycles. The lowest BCUT2D eigenvalue weighted by Gasteiger charge is -2.11. The summed E-state index contributed by atoms with van der Waals surface area (Å²) >= 11 is 13.7. The van der Waals surface area contributed by atoms with Gasteiger partial charge in [0.2, 0.25) is 5.91 Å². The molecule has 0 aliphatic rings. The van der Waals surface area contributed by atoms with Crippen LogP contribution in [0.5, 0.6) is 0 Å². The van der Waals surface area contributed by atoms with Crippen LogP contribution in [0.4, 0.5) is 5.69 Å². The van der Waals surface area contributed by atoms with E-state index < -0.39 is 0 Å². The number of hydrogen-bond donors (Lipinski definition) is 1. The third-order valence-electron chi connectivity index (χ3n) is 3.85. The number of carbonyl (C=O) groups excluding carboxylic acids is 1. The Kier molecular flexibility index (Phi) is 6.36. The lowest BCUT2D eigenvalue weighted by Crippen LogP contribution is -2.15. The van der Waals surface area contributed by atoms with Crippen LogP contribution in [-0.2, 0) is 11.3 Å². The van der Waals surface area contributed by atoms with Crippen LogP contribution in [0.15, 0.2) is 41.8 Å². The van der Waals surface area contributed by atoms with Crippen molar-refractivity contribution >= 4 is 46.6 Å². The number of halogens is 2. The summed E-state index contributed by atoms with van der Waals surface area (Å²) in [5, 5.41) is 12.8. The van der Waals surface area contributed by atoms with Crippen molar-refractivity contribution in [3.05, 3.63) is 52.3 Å². The Bertz CT molecular complexity index is 962. The summed E-state index contributed by atoms with van der Waals surface area (Å²) in [4.78, 5) is 16.4. The molecule has 0 fully saturated rings. The van der Waals surface area contributed by atoms with Gasteiger partial charge in [0.25, 0.3) is 0 Å². The van der Waals surface area contributed by atoms with Crippen molar-refractivity contribution in [2.45, 2.75) is 25.5 Å². The summed E-state index contributed by atoms with van der Waals surface area (Å²) < 4.78 is 1.96. The third kappa shape index (κ3) is 4.43. The molecule has 0 radical (unpaired) electrons. The maximum atomic E-state index is 12.4. The molecule has 0 spiro atoms. The maximum Gasteiger partial charge on any atom is 0.234 e. The summed E-state index contributed by atoms with van der Waals surface area (Å²) in [5.41, 5.74) is 2.20. The molecule has 0 bridgehead atoms. The van der Waals surface area contributed by atoms with Crippen LogP contribution in [0.25, 0.3) is 11.4 Å². The molecule has 0 aliphatic heterocycles. The summed E-state index contributed by atoms with van der Waals surface area (Å²) in [5.74, 6) is 0.688. The number of hydrogen-bond acceptors (Lipinski definition) is 5. The van der Waals surface area contributed by atoms with Gasteiger partial charge in [-0.15, -0.1) is 10.2 Å². The molecule has 140 valence electrons. The Morgan fingerprint density at radius 1 is 1.19 bits per heavy atom. The topological polar surface area (TPSA) is 72.7 Å². The number of anilines is 1. The average Bonchev–Trinajstić information content (AvgIpc) is 3.10. The summed E-state index contributed by atoms with van der Waals surface area (Å²) in [6.07, 6.45) is 3.42. The molecule has 0 unspecified atom stereocenters. The minimum atomic E-state index is -0.217. The molecule has 9 heteroatoms. The van der Waals surface area contributed by atoms with Gasteiger partial charge >= 0.3 is 0 Å². The zero-order chi connectivity index (χ0) is 19.4. The molecule has 3 aromatic rings. The minimum absolute atomic E-state index is 0.162. The largest absolute Gasteiger partial charge is 0.323 e. The SMILES string of the molecule is CCn1c(SCC(=O)Nc2c(Cl)ccc(C)c2Cl)nnc1-c1ccncc1. The summed E-state index contributed by atoms with van der Waals surface area (Å²) in [6.45, 7) is 4.54. The molecular formula is C18H17Cl2N5OS. The fourth-order valence-electron chi connectivity index (χ4n) is 2.47. The van der Waals surface area contributed by atoms with E-state index in [2.05, 4.69) is 20.5 Å². The minimum Gasteiger partial charge on any atom is -0.323 e. The van der Waals surface area contributed by atoms with Gasteiger partial charge in [0, 0.05) is 24.5 Å². The predicted molar refractivity (Wildman–Crippen MR) is 109 cm³/mol. The van der Waals surface area contributed by atoms with Gasteiger partial charge in [-0.3, -0.25) is 9.78 Å². The van der Waals surface area contributed by atoms with Gasteiger partial charge in [0.05, 0.1) is 21.5 Å². The second-order valence-corrected chi connectivity index (χ2v) is 7.40. The van der Waals surface area contributed by atoms with Crippen molar-refractivity contribution in [3.63, 3.8) is 0 Å². The first-order chi connectivity index (χ1) is 13.0. The van der Waals surface area contributed by atoms with E-state index in [-0.39, 0.29) is 11.7 Å². The number of carbonyl (C=O) groups is 1. The number of nitrogens with one attached hydrogen (secondary N) is 1. The highest BCUT2D eigenvalue weighted by Crippen LogP contribution is 2.33. The van der Waals surface area contributed by atoms with E-state index in [1.807, 2.05) is 30.5 Å². The Morgan fingerprint density at radius 3 is 2.63 bits per heavy atom. The lowest BCUT2D eigenvalue weighted by atomic mass is 10.2. The van der Waals surface area contributed by atoms with Crippen molar-refractivity contribution in [3.8, 4) is 11.4 Å². The van der Waals surface area contributed by atoms with Crippen molar-refractivity contribution in [1.82, 2.24) is 19.7 Å². The van der Waals surface area contributed by atoms with Gasteiger partial charge in [-0.2, -0.15) is 0 Å². The molecule has 0 aliphatic carbocycles. The zero-order valence-electron chi connectivity index (χ0n) is 14.7. The predicted octanol–water partition coefficient (Wildman–Crippen LogP) is 4.71. The first kappa shape index (κ1) is 19.7. The number of pyridine rings is 1.